The molecular weight excluding hydrogens is 229 g/mol. The summed E-state index contributed by atoms with van der Waals surface area (Å²) in [6, 6.07) is 5.18. The van der Waals surface area contributed by atoms with E-state index in [0.29, 0.717) is 5.69 Å². The lowest BCUT2D eigenvalue weighted by Crippen LogP contribution is -2.16. The molecule has 0 spiro atoms. The maximum atomic E-state index is 11.1. The number of nitro benzene ring substituents is 1. The molecule has 0 atom stereocenters. The Balaban J connectivity index is 2.63. The van der Waals surface area contributed by atoms with Crippen LogP contribution in [-0.4, -0.2) is 21.8 Å². The maximum absolute atomic E-state index is 11.1. The van der Waals surface area contributed by atoms with Crippen molar-refractivity contribution in [2.24, 2.45) is 0 Å². The van der Waals surface area contributed by atoms with E-state index in [1.165, 1.54) is 0 Å². The largest absolute Gasteiger partial charge is 0.298 e. The zero-order valence-electron chi connectivity index (χ0n) is 10.5. The third-order valence-corrected chi connectivity index (χ3v) is 2.90. The van der Waals surface area contributed by atoms with Gasteiger partial charge in [0.05, 0.1) is 11.3 Å². The Kier molecular flexibility index (Phi) is 3.18. The first-order valence-electron chi connectivity index (χ1n) is 5.63. The van der Waals surface area contributed by atoms with E-state index in [0.717, 1.165) is 16.9 Å². The number of hydrogen-bond acceptors (Lipinski definition) is 3. The Morgan fingerprint density at radius 3 is 2.67 bits per heavy atom. The summed E-state index contributed by atoms with van der Waals surface area (Å²) < 4.78 is 1.74. The average molecular weight is 242 g/mol. The van der Waals surface area contributed by atoms with Gasteiger partial charge in [-0.05, 0) is 25.5 Å². The van der Waals surface area contributed by atoms with Crippen molar-refractivity contribution in [1.29, 1.82) is 0 Å². The molecular formula is C12H13BN3O2. The molecule has 6 heteroatoms. The van der Waals surface area contributed by atoms with E-state index in [4.69, 9.17) is 0 Å². The fraction of sp³-hybridized carbons (Fsp3) is 0.250. The summed E-state index contributed by atoms with van der Waals surface area (Å²) in [6.07, 6.45) is 1.61. The van der Waals surface area contributed by atoms with E-state index >= 15 is 0 Å². The number of nitro groups is 1. The minimum atomic E-state index is -0.364. The first-order valence-corrected chi connectivity index (χ1v) is 5.63. The maximum Gasteiger partial charge on any atom is 0.293 e. The highest BCUT2D eigenvalue weighted by Gasteiger charge is 2.17. The van der Waals surface area contributed by atoms with Gasteiger partial charge in [0.15, 0.2) is 7.28 Å². The van der Waals surface area contributed by atoms with Crippen LogP contribution in [0.2, 0.25) is 6.82 Å². The normalized spacial score (nSPS) is 10.4. The van der Waals surface area contributed by atoms with Crippen LogP contribution >= 0.6 is 0 Å². The molecule has 1 aromatic carbocycles. The van der Waals surface area contributed by atoms with Gasteiger partial charge in [0.25, 0.3) is 5.69 Å². The molecule has 0 aliphatic carbocycles. The Labute approximate surface area is 106 Å². The molecule has 0 bridgehead atoms. The second kappa shape index (κ2) is 4.64. The molecule has 0 saturated heterocycles. The number of nitrogens with zero attached hydrogens (tertiary/aromatic N) is 3. The van der Waals surface area contributed by atoms with E-state index in [9.17, 15) is 10.1 Å². The number of hydrogen-bond donors (Lipinski definition) is 0. The summed E-state index contributed by atoms with van der Waals surface area (Å²) in [5.41, 5.74) is 3.24. The Morgan fingerprint density at radius 2 is 2.11 bits per heavy atom. The van der Waals surface area contributed by atoms with Gasteiger partial charge in [-0.3, -0.25) is 19.7 Å². The van der Waals surface area contributed by atoms with Crippen LogP contribution in [-0.2, 0) is 0 Å². The molecule has 1 radical (unpaired) electrons. The summed E-state index contributed by atoms with van der Waals surface area (Å²) in [5.74, 6) is 0. The third-order valence-electron chi connectivity index (χ3n) is 2.90. The van der Waals surface area contributed by atoms with Crippen LogP contribution in [0.25, 0.3) is 5.69 Å². The van der Waals surface area contributed by atoms with Crippen molar-refractivity contribution in [2.45, 2.75) is 20.7 Å². The molecule has 2 aromatic rings. The lowest BCUT2D eigenvalue weighted by molar-refractivity contribution is -0.384. The standard InChI is InChI=1S/C12H13BN3O2/c1-8-4-5-10(11(6-8)16(17)18)15-7-14-12(13-3)9(15)2/h4-7H,1-3H3. The summed E-state index contributed by atoms with van der Waals surface area (Å²) in [5, 5.41) is 11.1. The van der Waals surface area contributed by atoms with E-state index in [-0.39, 0.29) is 10.6 Å². The van der Waals surface area contributed by atoms with Crippen LogP contribution in [0.5, 0.6) is 0 Å². The summed E-state index contributed by atoms with van der Waals surface area (Å²) in [6.45, 7) is 5.62. The lowest BCUT2D eigenvalue weighted by atomic mass is 9.77. The number of aryl methyl sites for hydroxylation is 1. The molecule has 5 nitrogen and oxygen atoms in total. The second-order valence-electron chi connectivity index (χ2n) is 4.12. The van der Waals surface area contributed by atoms with Crippen molar-refractivity contribution < 1.29 is 4.92 Å². The van der Waals surface area contributed by atoms with E-state index < -0.39 is 0 Å². The smallest absolute Gasteiger partial charge is 0.293 e. The van der Waals surface area contributed by atoms with Crippen molar-refractivity contribution in [1.82, 2.24) is 9.55 Å². The topological polar surface area (TPSA) is 61.0 Å². The first kappa shape index (κ1) is 12.4. The third kappa shape index (κ3) is 2.01. The summed E-state index contributed by atoms with van der Waals surface area (Å²) >= 11 is 0. The predicted octanol–water partition coefficient (Wildman–Crippen LogP) is 1.77. The molecule has 1 heterocycles. The SMILES string of the molecule is C[B]c1ncn(-c2ccc(C)cc2[N+](=O)[O-])c1C. The van der Waals surface area contributed by atoms with Crippen molar-refractivity contribution in [3.05, 3.63) is 45.9 Å². The Morgan fingerprint density at radius 1 is 1.39 bits per heavy atom. The number of benzene rings is 1. The molecule has 0 saturated carbocycles. The molecule has 0 fully saturated rings. The molecule has 2 rings (SSSR count). The zero-order valence-corrected chi connectivity index (χ0v) is 10.5. The second-order valence-corrected chi connectivity index (χ2v) is 4.12. The zero-order chi connectivity index (χ0) is 13.3. The molecule has 0 amide bonds. The minimum Gasteiger partial charge on any atom is -0.298 e. The minimum absolute atomic E-state index is 0.0955. The lowest BCUT2D eigenvalue weighted by Gasteiger charge is -2.07. The van der Waals surface area contributed by atoms with Crippen LogP contribution in [0.3, 0.4) is 0 Å². The van der Waals surface area contributed by atoms with Gasteiger partial charge in [-0.2, -0.15) is 0 Å². The van der Waals surface area contributed by atoms with Gasteiger partial charge in [-0.1, -0.05) is 12.9 Å². The fourth-order valence-electron chi connectivity index (χ4n) is 1.93. The van der Waals surface area contributed by atoms with Crippen LogP contribution in [0, 0.1) is 24.0 Å². The van der Waals surface area contributed by atoms with Gasteiger partial charge in [0, 0.05) is 17.4 Å². The Bertz CT molecular complexity index is 607. The highest BCUT2D eigenvalue weighted by Crippen LogP contribution is 2.24. The summed E-state index contributed by atoms with van der Waals surface area (Å²) in [4.78, 5) is 15.0. The van der Waals surface area contributed by atoms with E-state index in [1.54, 1.807) is 23.0 Å². The quantitative estimate of drug-likeness (QED) is 0.468. The highest BCUT2D eigenvalue weighted by atomic mass is 16.6. The van der Waals surface area contributed by atoms with Crippen LogP contribution < -0.4 is 5.59 Å². The molecule has 0 aliphatic rings. The highest BCUT2D eigenvalue weighted by molar-refractivity contribution is 6.51. The van der Waals surface area contributed by atoms with Gasteiger partial charge in [-0.25, -0.2) is 0 Å². The Hall–Kier alpha value is -2.11. The fourth-order valence-corrected chi connectivity index (χ4v) is 1.93. The van der Waals surface area contributed by atoms with Gasteiger partial charge in [0.1, 0.15) is 5.69 Å². The van der Waals surface area contributed by atoms with E-state index in [1.807, 2.05) is 34.0 Å². The van der Waals surface area contributed by atoms with Gasteiger partial charge < -0.3 is 0 Å². The van der Waals surface area contributed by atoms with Crippen molar-refractivity contribution in [2.75, 3.05) is 0 Å². The molecule has 0 aliphatic heterocycles. The predicted molar refractivity (Wildman–Crippen MR) is 70.9 cm³/mol. The molecule has 18 heavy (non-hydrogen) atoms. The van der Waals surface area contributed by atoms with Gasteiger partial charge in [0.2, 0.25) is 0 Å². The van der Waals surface area contributed by atoms with Gasteiger partial charge in [-0.15, -0.1) is 0 Å². The van der Waals surface area contributed by atoms with Crippen LogP contribution in [0.1, 0.15) is 11.3 Å². The molecule has 91 valence electrons. The molecule has 0 unspecified atom stereocenters. The number of imidazole rings is 1. The van der Waals surface area contributed by atoms with Crippen molar-refractivity contribution in [3.8, 4) is 5.69 Å². The number of rotatable bonds is 3. The monoisotopic (exact) mass is 242 g/mol. The van der Waals surface area contributed by atoms with Gasteiger partial charge >= 0.3 is 0 Å². The average Bonchev–Trinajstić information content (AvgIpc) is 2.70. The number of aromatic nitrogens is 2. The van der Waals surface area contributed by atoms with Crippen molar-refractivity contribution in [3.63, 3.8) is 0 Å². The van der Waals surface area contributed by atoms with E-state index in [2.05, 4.69) is 4.98 Å². The molecule has 0 N–H and O–H groups in total. The first-order chi connectivity index (χ1) is 8.54. The molecule has 1 aromatic heterocycles. The van der Waals surface area contributed by atoms with Crippen LogP contribution in [0.4, 0.5) is 5.69 Å². The van der Waals surface area contributed by atoms with Crippen LogP contribution in [0.15, 0.2) is 24.5 Å². The van der Waals surface area contributed by atoms with Crippen molar-refractivity contribution >= 4 is 18.6 Å². The summed E-state index contributed by atoms with van der Waals surface area (Å²) in [7, 11) is 1.88.